The van der Waals surface area contributed by atoms with Crippen LogP contribution < -0.4 is 15.0 Å². The first-order valence-corrected chi connectivity index (χ1v) is 9.58. The Bertz CT molecular complexity index is 958. The second-order valence-electron chi connectivity index (χ2n) is 7.15. The van der Waals surface area contributed by atoms with Crippen LogP contribution in [0.2, 0.25) is 0 Å². The summed E-state index contributed by atoms with van der Waals surface area (Å²) in [6.45, 7) is 0.758. The fourth-order valence-corrected chi connectivity index (χ4v) is 3.89. The normalized spacial score (nSPS) is 20.6. The Labute approximate surface area is 168 Å². The van der Waals surface area contributed by atoms with E-state index in [1.165, 1.54) is 12.0 Å². The van der Waals surface area contributed by atoms with E-state index in [9.17, 15) is 14.4 Å². The van der Waals surface area contributed by atoms with Gasteiger partial charge < -0.3 is 19.7 Å². The van der Waals surface area contributed by atoms with Crippen LogP contribution in [0.4, 0.5) is 5.69 Å². The molecule has 2 amide bonds. The number of rotatable bonds is 4. The zero-order valence-corrected chi connectivity index (χ0v) is 16.1. The van der Waals surface area contributed by atoms with Gasteiger partial charge in [-0.05, 0) is 18.2 Å². The molecule has 150 valence electrons. The molecule has 29 heavy (non-hydrogen) atoms. The first kappa shape index (κ1) is 19.0. The molecule has 7 nitrogen and oxygen atoms in total. The number of benzene rings is 2. The van der Waals surface area contributed by atoms with Crippen LogP contribution in [0.15, 0.2) is 48.5 Å². The summed E-state index contributed by atoms with van der Waals surface area (Å²) in [4.78, 5) is 39.1. The number of hydrogen-bond donors (Lipinski definition) is 1. The van der Waals surface area contributed by atoms with Crippen molar-refractivity contribution in [2.24, 2.45) is 5.92 Å². The van der Waals surface area contributed by atoms with Gasteiger partial charge in [-0.1, -0.05) is 30.3 Å². The number of amides is 2. The third kappa shape index (κ3) is 3.68. The molecule has 0 spiro atoms. The van der Waals surface area contributed by atoms with E-state index in [1.54, 1.807) is 24.3 Å². The number of ether oxygens (including phenoxy) is 2. The van der Waals surface area contributed by atoms with Crippen molar-refractivity contribution in [2.75, 3.05) is 25.2 Å². The Morgan fingerprint density at radius 3 is 2.72 bits per heavy atom. The quantitative estimate of drug-likeness (QED) is 0.806. The molecule has 2 atom stereocenters. The van der Waals surface area contributed by atoms with Crippen LogP contribution in [0, 0.1) is 5.92 Å². The van der Waals surface area contributed by atoms with Crippen molar-refractivity contribution in [1.29, 1.82) is 0 Å². The number of nitrogens with zero attached hydrogens (tertiary/aromatic N) is 1. The average molecular weight is 394 g/mol. The number of para-hydroxylation sites is 2. The zero-order valence-electron chi connectivity index (χ0n) is 16.1. The molecule has 0 bridgehead atoms. The SMILES string of the molecule is COC(=O)c1ccccc1N1CC(C(=O)NC2CCOc3ccccc32)CC1=O. The first-order chi connectivity index (χ1) is 14.1. The number of anilines is 1. The van der Waals surface area contributed by atoms with E-state index in [-0.39, 0.29) is 30.8 Å². The molecule has 2 aliphatic heterocycles. The average Bonchev–Trinajstić information content (AvgIpc) is 3.15. The summed E-state index contributed by atoms with van der Waals surface area (Å²) < 4.78 is 10.5. The van der Waals surface area contributed by atoms with Crippen molar-refractivity contribution >= 4 is 23.5 Å². The number of esters is 1. The van der Waals surface area contributed by atoms with Gasteiger partial charge in [0.05, 0.1) is 36.9 Å². The lowest BCUT2D eigenvalue weighted by Crippen LogP contribution is -2.37. The molecule has 0 aliphatic carbocycles. The highest BCUT2D eigenvalue weighted by atomic mass is 16.5. The van der Waals surface area contributed by atoms with E-state index in [2.05, 4.69) is 5.32 Å². The van der Waals surface area contributed by atoms with Crippen LogP contribution >= 0.6 is 0 Å². The van der Waals surface area contributed by atoms with Crippen LogP contribution in [0.1, 0.15) is 34.8 Å². The maximum Gasteiger partial charge on any atom is 0.339 e. The Morgan fingerprint density at radius 2 is 1.90 bits per heavy atom. The Hall–Kier alpha value is -3.35. The molecule has 4 rings (SSSR count). The first-order valence-electron chi connectivity index (χ1n) is 9.58. The van der Waals surface area contributed by atoms with Gasteiger partial charge in [0.1, 0.15) is 5.75 Å². The van der Waals surface area contributed by atoms with Gasteiger partial charge in [-0.3, -0.25) is 9.59 Å². The van der Waals surface area contributed by atoms with Crippen LogP contribution in [0.25, 0.3) is 0 Å². The fourth-order valence-electron chi connectivity index (χ4n) is 3.89. The van der Waals surface area contributed by atoms with Crippen molar-refractivity contribution in [3.8, 4) is 5.75 Å². The van der Waals surface area contributed by atoms with Gasteiger partial charge in [-0.15, -0.1) is 0 Å². The van der Waals surface area contributed by atoms with Gasteiger partial charge in [0.25, 0.3) is 0 Å². The molecule has 0 radical (unpaired) electrons. The summed E-state index contributed by atoms with van der Waals surface area (Å²) >= 11 is 0. The largest absolute Gasteiger partial charge is 0.493 e. The predicted molar refractivity (Wildman–Crippen MR) is 106 cm³/mol. The summed E-state index contributed by atoms with van der Waals surface area (Å²) in [7, 11) is 1.30. The molecule has 2 unspecified atom stereocenters. The smallest absolute Gasteiger partial charge is 0.339 e. The van der Waals surface area contributed by atoms with Crippen molar-refractivity contribution < 1.29 is 23.9 Å². The molecule has 0 saturated carbocycles. The van der Waals surface area contributed by atoms with Crippen LogP contribution in [-0.4, -0.2) is 38.0 Å². The summed E-state index contributed by atoms with van der Waals surface area (Å²) in [5, 5.41) is 3.07. The number of carbonyl (C=O) groups excluding carboxylic acids is 3. The third-order valence-corrected chi connectivity index (χ3v) is 5.37. The molecule has 2 aliphatic rings. The summed E-state index contributed by atoms with van der Waals surface area (Å²) in [5.74, 6) is -0.574. The van der Waals surface area contributed by atoms with Gasteiger partial charge >= 0.3 is 5.97 Å². The highest BCUT2D eigenvalue weighted by Crippen LogP contribution is 2.33. The molecule has 1 fully saturated rings. The number of hydrogen-bond acceptors (Lipinski definition) is 5. The van der Waals surface area contributed by atoms with Gasteiger partial charge in [0, 0.05) is 24.9 Å². The van der Waals surface area contributed by atoms with Crippen molar-refractivity contribution in [2.45, 2.75) is 18.9 Å². The highest BCUT2D eigenvalue weighted by molar-refractivity contribution is 6.05. The number of carbonyl (C=O) groups is 3. The van der Waals surface area contributed by atoms with E-state index in [1.807, 2.05) is 24.3 Å². The summed E-state index contributed by atoms with van der Waals surface area (Å²) in [5.41, 5.74) is 1.73. The molecule has 2 aromatic carbocycles. The molecule has 7 heteroatoms. The lowest BCUT2D eigenvalue weighted by molar-refractivity contribution is -0.127. The monoisotopic (exact) mass is 394 g/mol. The van der Waals surface area contributed by atoms with Gasteiger partial charge in [-0.25, -0.2) is 4.79 Å². The second kappa shape index (κ2) is 7.95. The fraction of sp³-hybridized carbons (Fsp3) is 0.318. The Balaban J connectivity index is 1.49. The maximum atomic E-state index is 12.9. The van der Waals surface area contributed by atoms with Gasteiger partial charge in [-0.2, -0.15) is 0 Å². The molecular weight excluding hydrogens is 372 g/mol. The van der Waals surface area contributed by atoms with Crippen LogP contribution in [0.5, 0.6) is 5.75 Å². The summed E-state index contributed by atoms with van der Waals surface area (Å²) in [6.07, 6.45) is 0.782. The molecule has 1 N–H and O–H groups in total. The van der Waals surface area contributed by atoms with Gasteiger partial charge in [0.2, 0.25) is 11.8 Å². The van der Waals surface area contributed by atoms with Crippen molar-refractivity contribution in [3.05, 3.63) is 59.7 Å². The van der Waals surface area contributed by atoms with Crippen molar-refractivity contribution in [1.82, 2.24) is 5.32 Å². The van der Waals surface area contributed by atoms with Gasteiger partial charge in [0.15, 0.2) is 0 Å². The molecular formula is C22H22N2O5. The molecule has 2 aromatic rings. The lowest BCUT2D eigenvalue weighted by Gasteiger charge is -2.27. The minimum atomic E-state index is -0.514. The Morgan fingerprint density at radius 1 is 1.14 bits per heavy atom. The topological polar surface area (TPSA) is 84.9 Å². The molecule has 1 saturated heterocycles. The number of methoxy groups -OCH3 is 1. The maximum absolute atomic E-state index is 12.9. The van der Waals surface area contributed by atoms with Crippen LogP contribution in [0.3, 0.4) is 0 Å². The van der Waals surface area contributed by atoms with E-state index >= 15 is 0 Å². The van der Waals surface area contributed by atoms with E-state index < -0.39 is 11.9 Å². The van der Waals surface area contributed by atoms with Crippen molar-refractivity contribution in [3.63, 3.8) is 0 Å². The second-order valence-corrected chi connectivity index (χ2v) is 7.15. The molecule has 2 heterocycles. The predicted octanol–water partition coefficient (Wildman–Crippen LogP) is 2.47. The number of nitrogens with one attached hydrogen (secondary N) is 1. The zero-order chi connectivity index (χ0) is 20.4. The molecule has 0 aromatic heterocycles. The van der Waals surface area contributed by atoms with E-state index in [0.29, 0.717) is 24.3 Å². The highest BCUT2D eigenvalue weighted by Gasteiger charge is 2.37. The van der Waals surface area contributed by atoms with Crippen LogP contribution in [-0.2, 0) is 14.3 Å². The van der Waals surface area contributed by atoms with E-state index in [0.717, 1.165) is 11.3 Å². The Kier molecular flexibility index (Phi) is 5.20. The minimum Gasteiger partial charge on any atom is -0.493 e. The van der Waals surface area contributed by atoms with E-state index in [4.69, 9.17) is 9.47 Å². The number of fused-ring (bicyclic) bond motifs is 1. The minimum absolute atomic E-state index is 0.103. The summed E-state index contributed by atoms with van der Waals surface area (Å²) in [6, 6.07) is 14.3. The standard InChI is InChI=1S/C22H22N2O5/c1-28-22(27)16-7-2-4-8-18(16)24-13-14(12-20(24)25)21(26)23-17-10-11-29-19-9-5-3-6-15(17)19/h2-9,14,17H,10-13H2,1H3,(H,23,26). The lowest BCUT2D eigenvalue weighted by atomic mass is 9.99. The third-order valence-electron chi connectivity index (χ3n) is 5.37.